The van der Waals surface area contributed by atoms with E-state index in [0.717, 1.165) is 16.6 Å². The fourth-order valence-corrected chi connectivity index (χ4v) is 4.32. The second kappa shape index (κ2) is 9.21. The molecule has 3 aromatic rings. The van der Waals surface area contributed by atoms with Gasteiger partial charge in [-0.2, -0.15) is 31.4 Å². The summed E-state index contributed by atoms with van der Waals surface area (Å²) in [6, 6.07) is 5.97. The van der Waals surface area contributed by atoms with Gasteiger partial charge in [-0.25, -0.2) is 4.68 Å². The number of nitrogens with one attached hydrogen (secondary N) is 2. The van der Waals surface area contributed by atoms with E-state index in [4.69, 9.17) is 23.2 Å². The van der Waals surface area contributed by atoms with Crippen molar-refractivity contribution < 1.29 is 31.1 Å². The number of halogens is 9. The molecule has 1 amide bonds. The number of anilines is 2. The summed E-state index contributed by atoms with van der Waals surface area (Å²) in [7, 11) is 0. The van der Waals surface area contributed by atoms with Gasteiger partial charge in [0.25, 0.3) is 5.91 Å². The zero-order valence-corrected chi connectivity index (χ0v) is 20.2. The van der Waals surface area contributed by atoms with Gasteiger partial charge in [-0.3, -0.25) is 4.79 Å². The van der Waals surface area contributed by atoms with Crippen LogP contribution in [0.25, 0.3) is 0 Å². The van der Waals surface area contributed by atoms with Crippen LogP contribution in [0.5, 0.6) is 0 Å². The lowest BCUT2D eigenvalue weighted by Crippen LogP contribution is -2.35. The Balaban J connectivity index is 1.70. The molecule has 2 aromatic carbocycles. The molecular weight excluding hydrogens is 589 g/mol. The van der Waals surface area contributed by atoms with E-state index < -0.39 is 58.7 Å². The van der Waals surface area contributed by atoms with Gasteiger partial charge in [-0.1, -0.05) is 51.3 Å². The standard InChI is InChI=1S/C21H13BrCl2F6N4O/c22-11-4-1-9(2-5-11)13-8-15(21(28,29)30)34-18(31-13)16(24)17(33-34)19(35)32-14-7-10(20(25,26)27)3-6-12(14)23/h1-7,13,15,31H,8H2,(H,32,35)/t13-,15+/m0/s1. The van der Waals surface area contributed by atoms with Crippen LogP contribution in [0, 0.1) is 0 Å². The van der Waals surface area contributed by atoms with E-state index in [2.05, 4.69) is 31.7 Å². The summed E-state index contributed by atoms with van der Waals surface area (Å²) in [5, 5.41) is 8.15. The van der Waals surface area contributed by atoms with E-state index in [0.29, 0.717) is 16.3 Å². The van der Waals surface area contributed by atoms with Crippen molar-refractivity contribution in [3.8, 4) is 0 Å². The highest BCUT2D eigenvalue weighted by molar-refractivity contribution is 9.10. The summed E-state index contributed by atoms with van der Waals surface area (Å²) in [6.45, 7) is 0. The Kier molecular flexibility index (Phi) is 6.75. The third-order valence-electron chi connectivity index (χ3n) is 5.32. The van der Waals surface area contributed by atoms with Gasteiger partial charge in [-0.15, -0.1) is 0 Å². The van der Waals surface area contributed by atoms with Gasteiger partial charge in [0, 0.05) is 10.9 Å². The molecule has 2 atom stereocenters. The predicted molar refractivity (Wildman–Crippen MR) is 122 cm³/mol. The molecular formula is C21H13BrCl2F6N4O. The molecule has 35 heavy (non-hydrogen) atoms. The molecule has 1 aromatic heterocycles. The zero-order valence-electron chi connectivity index (χ0n) is 17.1. The number of carbonyl (C=O) groups is 1. The largest absolute Gasteiger partial charge is 0.416 e. The van der Waals surface area contributed by atoms with Gasteiger partial charge >= 0.3 is 12.4 Å². The van der Waals surface area contributed by atoms with Crippen LogP contribution in [0.4, 0.5) is 37.8 Å². The molecule has 0 aliphatic carbocycles. The first-order valence-electron chi connectivity index (χ1n) is 9.80. The van der Waals surface area contributed by atoms with Crippen molar-refractivity contribution in [2.75, 3.05) is 10.6 Å². The van der Waals surface area contributed by atoms with E-state index >= 15 is 0 Å². The Labute approximate surface area is 212 Å². The second-order valence-corrected chi connectivity index (χ2v) is 9.34. The number of hydrogen-bond acceptors (Lipinski definition) is 3. The lowest BCUT2D eigenvalue weighted by Gasteiger charge is -2.33. The third-order valence-corrected chi connectivity index (χ3v) is 6.54. The highest BCUT2D eigenvalue weighted by Gasteiger charge is 2.48. The van der Waals surface area contributed by atoms with E-state index in [1.165, 1.54) is 0 Å². The number of nitrogens with zero attached hydrogens (tertiary/aromatic N) is 2. The van der Waals surface area contributed by atoms with Crippen molar-refractivity contribution in [1.82, 2.24) is 9.78 Å². The Morgan fingerprint density at radius 1 is 1.09 bits per heavy atom. The maximum absolute atomic E-state index is 13.9. The average Bonchev–Trinajstić information content (AvgIpc) is 3.10. The van der Waals surface area contributed by atoms with Crippen LogP contribution in [0.3, 0.4) is 0 Å². The first-order chi connectivity index (χ1) is 16.3. The van der Waals surface area contributed by atoms with Crippen molar-refractivity contribution >= 4 is 56.5 Å². The highest BCUT2D eigenvalue weighted by Crippen LogP contribution is 2.46. The monoisotopic (exact) mass is 600 g/mol. The first kappa shape index (κ1) is 25.6. The highest BCUT2D eigenvalue weighted by atomic mass is 79.9. The topological polar surface area (TPSA) is 59.0 Å². The van der Waals surface area contributed by atoms with Crippen LogP contribution in [0.2, 0.25) is 10.0 Å². The maximum Gasteiger partial charge on any atom is 0.416 e. The van der Waals surface area contributed by atoms with Crippen LogP contribution in [0.15, 0.2) is 46.9 Å². The van der Waals surface area contributed by atoms with Crippen LogP contribution in [-0.4, -0.2) is 21.9 Å². The SMILES string of the molecule is O=C(Nc1cc(C(F)(F)F)ccc1Cl)c1nn2c(c1Cl)N[C@H](c1ccc(Br)cc1)C[C@@H]2C(F)(F)F. The summed E-state index contributed by atoms with van der Waals surface area (Å²) < 4.78 is 82.1. The van der Waals surface area contributed by atoms with Gasteiger partial charge in [0.2, 0.25) is 0 Å². The molecule has 0 saturated carbocycles. The number of alkyl halides is 6. The Morgan fingerprint density at radius 3 is 2.34 bits per heavy atom. The van der Waals surface area contributed by atoms with Gasteiger partial charge in [0.15, 0.2) is 11.7 Å². The minimum Gasteiger partial charge on any atom is -0.362 e. The fourth-order valence-electron chi connectivity index (χ4n) is 3.63. The van der Waals surface area contributed by atoms with Crippen LogP contribution >= 0.6 is 39.1 Å². The number of aromatic nitrogens is 2. The van der Waals surface area contributed by atoms with E-state index in [1.54, 1.807) is 24.3 Å². The zero-order chi connectivity index (χ0) is 25.7. The van der Waals surface area contributed by atoms with Crippen LogP contribution < -0.4 is 10.6 Å². The van der Waals surface area contributed by atoms with Crippen LogP contribution in [-0.2, 0) is 6.18 Å². The number of rotatable bonds is 3. The Hall–Kier alpha value is -2.44. The summed E-state index contributed by atoms with van der Waals surface area (Å²) in [5.74, 6) is -1.37. The quantitative estimate of drug-likeness (QED) is 0.300. The van der Waals surface area contributed by atoms with Gasteiger partial charge in [0.05, 0.1) is 22.3 Å². The molecule has 0 saturated heterocycles. The van der Waals surface area contributed by atoms with Crippen LogP contribution in [0.1, 0.15) is 40.1 Å². The lowest BCUT2D eigenvalue weighted by atomic mass is 9.97. The molecule has 4 rings (SSSR count). The summed E-state index contributed by atoms with van der Waals surface area (Å²) >= 11 is 15.4. The first-order valence-corrected chi connectivity index (χ1v) is 11.4. The van der Waals surface area contributed by atoms with Gasteiger partial charge < -0.3 is 10.6 Å². The molecule has 0 radical (unpaired) electrons. The van der Waals surface area contributed by atoms with Crippen molar-refractivity contribution in [2.24, 2.45) is 0 Å². The van der Waals surface area contributed by atoms with E-state index in [-0.39, 0.29) is 10.8 Å². The average molecular weight is 602 g/mol. The van der Waals surface area contributed by atoms with E-state index in [9.17, 15) is 31.1 Å². The summed E-state index contributed by atoms with van der Waals surface area (Å²) in [4.78, 5) is 12.8. The van der Waals surface area contributed by atoms with E-state index in [1.807, 2.05) is 0 Å². The number of amides is 1. The molecule has 1 aliphatic rings. The fraction of sp³-hybridized carbons (Fsp3) is 0.238. The van der Waals surface area contributed by atoms with Gasteiger partial charge in [-0.05, 0) is 35.9 Å². The molecule has 0 bridgehead atoms. The number of carbonyl (C=O) groups excluding carboxylic acids is 1. The van der Waals surface area contributed by atoms with Crippen molar-refractivity contribution in [2.45, 2.75) is 30.9 Å². The molecule has 0 unspecified atom stereocenters. The minimum atomic E-state index is -4.72. The normalized spacial score (nSPS) is 18.1. The third kappa shape index (κ3) is 5.24. The molecule has 0 spiro atoms. The smallest absolute Gasteiger partial charge is 0.362 e. The molecule has 14 heteroatoms. The molecule has 2 heterocycles. The minimum absolute atomic E-state index is 0.215. The lowest BCUT2D eigenvalue weighted by molar-refractivity contribution is -0.173. The Morgan fingerprint density at radius 2 is 1.74 bits per heavy atom. The molecule has 2 N–H and O–H groups in total. The molecule has 5 nitrogen and oxygen atoms in total. The van der Waals surface area contributed by atoms with Crippen molar-refractivity contribution in [3.05, 3.63) is 73.8 Å². The predicted octanol–water partition coefficient (Wildman–Crippen LogP) is 7.88. The summed E-state index contributed by atoms with van der Waals surface area (Å²) in [5.41, 5.74) is -1.54. The number of fused-ring (bicyclic) bond motifs is 1. The Bertz CT molecular complexity index is 1280. The van der Waals surface area contributed by atoms with Crippen molar-refractivity contribution in [3.63, 3.8) is 0 Å². The van der Waals surface area contributed by atoms with Gasteiger partial charge in [0.1, 0.15) is 10.8 Å². The molecule has 186 valence electrons. The number of hydrogen-bond donors (Lipinski definition) is 2. The molecule has 0 fully saturated rings. The number of benzene rings is 2. The summed E-state index contributed by atoms with van der Waals surface area (Å²) in [6.07, 6.45) is -9.87. The van der Waals surface area contributed by atoms with Crippen molar-refractivity contribution in [1.29, 1.82) is 0 Å². The molecule has 1 aliphatic heterocycles. The second-order valence-electron chi connectivity index (χ2n) is 7.64. The maximum atomic E-state index is 13.9.